The lowest BCUT2D eigenvalue weighted by atomic mass is 9.85. The molecule has 12 heteroatoms. The van der Waals surface area contributed by atoms with E-state index in [9.17, 15) is 9.59 Å². The van der Waals surface area contributed by atoms with Crippen LogP contribution in [-0.2, 0) is 14.2 Å². The van der Waals surface area contributed by atoms with Crippen LogP contribution in [0.2, 0.25) is 0 Å². The van der Waals surface area contributed by atoms with E-state index in [-0.39, 0.29) is 35.7 Å². The smallest absolute Gasteiger partial charge is 0.409 e. The second-order valence-corrected chi connectivity index (χ2v) is 12.9. The summed E-state index contributed by atoms with van der Waals surface area (Å²) in [7, 11) is 0. The number of hydrogen-bond donors (Lipinski definition) is 2. The highest BCUT2D eigenvalue weighted by Crippen LogP contribution is 2.35. The largest absolute Gasteiger partial charge is 0.449 e. The van der Waals surface area contributed by atoms with Crippen molar-refractivity contribution in [2.75, 3.05) is 62.0 Å². The second kappa shape index (κ2) is 15.2. The van der Waals surface area contributed by atoms with E-state index < -0.39 is 5.91 Å². The highest BCUT2D eigenvalue weighted by molar-refractivity contribution is 6.07. The lowest BCUT2D eigenvalue weighted by Crippen LogP contribution is -2.42. The fourth-order valence-electron chi connectivity index (χ4n) is 7.10. The van der Waals surface area contributed by atoms with Crippen molar-refractivity contribution in [1.29, 1.82) is 0 Å². The first-order chi connectivity index (χ1) is 22.0. The second-order valence-electron chi connectivity index (χ2n) is 12.9. The number of nitrogens with two attached hydrogens (primary N) is 1. The zero-order valence-corrected chi connectivity index (χ0v) is 26.2. The van der Waals surface area contributed by atoms with Crippen molar-refractivity contribution in [1.82, 2.24) is 19.9 Å². The summed E-state index contributed by atoms with van der Waals surface area (Å²) in [5, 5.41) is 2.96. The average Bonchev–Trinajstić information content (AvgIpc) is 3.09. The van der Waals surface area contributed by atoms with E-state index in [4.69, 9.17) is 24.9 Å². The normalized spacial score (nSPS) is 23.5. The van der Waals surface area contributed by atoms with Gasteiger partial charge in [-0.05, 0) is 63.4 Å². The zero-order chi connectivity index (χ0) is 31.0. The van der Waals surface area contributed by atoms with Gasteiger partial charge < -0.3 is 35.1 Å². The minimum Gasteiger partial charge on any atom is -0.449 e. The molecule has 3 N–H and O–H groups in total. The highest BCUT2D eigenvalue weighted by Gasteiger charge is 2.30. The monoisotopic (exact) mass is 621 g/mol. The number of likely N-dealkylation sites (tertiary alicyclic amines) is 1. The van der Waals surface area contributed by atoms with Gasteiger partial charge in [0.2, 0.25) is 0 Å². The number of ether oxygens (including phenoxy) is 3. The number of nitrogens with zero attached hydrogens (tertiary/aromatic N) is 5. The molecule has 0 atom stereocenters. The number of hydrogen-bond acceptors (Lipinski definition) is 10. The summed E-state index contributed by atoms with van der Waals surface area (Å²) in [6.45, 7) is 4.68. The molecular formula is C33H47N7O5. The van der Waals surface area contributed by atoms with Crippen LogP contribution in [0.4, 0.5) is 22.0 Å². The molecule has 4 fully saturated rings. The Kier molecular flexibility index (Phi) is 10.6. The van der Waals surface area contributed by atoms with E-state index in [2.05, 4.69) is 20.2 Å². The zero-order valence-electron chi connectivity index (χ0n) is 26.2. The van der Waals surface area contributed by atoms with E-state index in [1.807, 2.05) is 11.0 Å². The summed E-state index contributed by atoms with van der Waals surface area (Å²) in [5.74, 6) is 0.426. The lowest BCUT2D eigenvalue weighted by Gasteiger charge is -2.36. The number of amides is 2. The van der Waals surface area contributed by atoms with Crippen LogP contribution in [0, 0.1) is 5.92 Å². The molecule has 2 saturated heterocycles. The number of morpholine rings is 1. The van der Waals surface area contributed by atoms with Crippen molar-refractivity contribution in [3.63, 3.8) is 0 Å². The fourth-order valence-corrected chi connectivity index (χ4v) is 7.10. The topological polar surface area (TPSA) is 145 Å². The molecule has 2 saturated carbocycles. The molecule has 2 aliphatic heterocycles. The van der Waals surface area contributed by atoms with Crippen molar-refractivity contribution in [2.24, 2.45) is 5.92 Å². The summed E-state index contributed by atoms with van der Waals surface area (Å²) in [4.78, 5) is 43.2. The molecule has 6 rings (SSSR count). The Morgan fingerprint density at radius 1 is 0.933 bits per heavy atom. The summed E-state index contributed by atoms with van der Waals surface area (Å²) in [6.07, 6.45) is 16.7. The van der Waals surface area contributed by atoms with E-state index in [1.54, 1.807) is 18.6 Å². The molecule has 0 aromatic carbocycles. The van der Waals surface area contributed by atoms with Gasteiger partial charge in [0, 0.05) is 38.3 Å². The molecule has 2 amide bonds. The number of rotatable bonds is 8. The number of carbonyl (C=O) groups is 2. The number of carbonyl (C=O) groups excluding carboxylic acids is 2. The van der Waals surface area contributed by atoms with E-state index >= 15 is 0 Å². The van der Waals surface area contributed by atoms with Crippen LogP contribution < -0.4 is 16.0 Å². The third kappa shape index (κ3) is 8.21. The van der Waals surface area contributed by atoms with Crippen LogP contribution in [0.25, 0.3) is 0 Å². The van der Waals surface area contributed by atoms with Gasteiger partial charge in [0.05, 0.1) is 61.5 Å². The van der Waals surface area contributed by atoms with Gasteiger partial charge >= 0.3 is 6.09 Å². The van der Waals surface area contributed by atoms with Crippen molar-refractivity contribution in [2.45, 2.75) is 88.8 Å². The molecule has 0 unspecified atom stereocenters. The van der Waals surface area contributed by atoms with E-state index in [1.165, 1.54) is 32.1 Å². The van der Waals surface area contributed by atoms with Crippen LogP contribution in [0.1, 0.15) is 92.7 Å². The first-order valence-electron chi connectivity index (χ1n) is 16.8. The summed E-state index contributed by atoms with van der Waals surface area (Å²) < 4.78 is 17.6. The van der Waals surface area contributed by atoms with Crippen LogP contribution in [0.15, 0.2) is 24.7 Å². The third-order valence-electron chi connectivity index (χ3n) is 9.78. The van der Waals surface area contributed by atoms with Crippen LogP contribution in [-0.4, -0.2) is 90.1 Å². The van der Waals surface area contributed by atoms with Crippen molar-refractivity contribution in [3.05, 3.63) is 36.0 Å². The maximum absolute atomic E-state index is 13.3. The lowest BCUT2D eigenvalue weighted by molar-refractivity contribution is -0.0568. The van der Waals surface area contributed by atoms with Crippen LogP contribution >= 0.6 is 0 Å². The molecular weight excluding hydrogens is 574 g/mol. The van der Waals surface area contributed by atoms with Gasteiger partial charge in [-0.25, -0.2) is 14.8 Å². The molecule has 0 radical (unpaired) electrons. The minimum absolute atomic E-state index is 0.106. The molecule has 0 spiro atoms. The van der Waals surface area contributed by atoms with E-state index in [0.29, 0.717) is 44.5 Å². The number of pyridine rings is 1. The summed E-state index contributed by atoms with van der Waals surface area (Å²) >= 11 is 0. The number of aromatic nitrogens is 3. The van der Waals surface area contributed by atoms with Crippen molar-refractivity contribution >= 4 is 29.2 Å². The quantitative estimate of drug-likeness (QED) is 0.423. The standard InChI is InChI=1S/C33H47N7O5/c34-31-30(32(41)38-28-20-35-13-10-29(28)39-16-18-43-19-17-39)37-27(21-36-31)24-6-8-25(9-7-24)45-26-11-14-40(15-12-26)33(42)44-22-23-4-2-1-3-5-23/h10,13,20-21,23-26H,1-9,11-12,14-19,22H2,(H2,34,36)(H,38,41). The maximum Gasteiger partial charge on any atom is 0.409 e. The van der Waals surface area contributed by atoms with Crippen LogP contribution in [0.3, 0.4) is 0 Å². The predicted octanol–water partition coefficient (Wildman–Crippen LogP) is 4.77. The molecule has 2 aromatic rings. The Hall–Kier alpha value is -3.51. The molecule has 2 aromatic heterocycles. The van der Waals surface area contributed by atoms with Gasteiger partial charge in [-0.15, -0.1) is 0 Å². The van der Waals surface area contributed by atoms with E-state index in [0.717, 1.165) is 63.0 Å². The van der Waals surface area contributed by atoms with Gasteiger partial charge in [0.25, 0.3) is 5.91 Å². The Bertz CT molecular complexity index is 1280. The average molecular weight is 622 g/mol. The molecule has 4 aliphatic rings. The summed E-state index contributed by atoms with van der Waals surface area (Å²) in [6, 6.07) is 1.89. The SMILES string of the molecule is Nc1ncc(C2CCC(OC3CCN(C(=O)OCC4CCCCC4)CC3)CC2)nc1C(=O)Nc1cnccc1N1CCOCC1. The van der Waals surface area contributed by atoms with Gasteiger partial charge in [-0.1, -0.05) is 19.3 Å². The third-order valence-corrected chi connectivity index (χ3v) is 9.78. The van der Waals surface area contributed by atoms with Crippen LogP contribution in [0.5, 0.6) is 0 Å². The van der Waals surface area contributed by atoms with Crippen molar-refractivity contribution < 1.29 is 23.8 Å². The first kappa shape index (κ1) is 31.5. The Morgan fingerprint density at radius 2 is 1.67 bits per heavy atom. The van der Waals surface area contributed by atoms with Gasteiger partial charge in [-0.3, -0.25) is 9.78 Å². The fraction of sp³-hybridized carbons (Fsp3) is 0.667. The predicted molar refractivity (Wildman–Crippen MR) is 170 cm³/mol. The highest BCUT2D eigenvalue weighted by atomic mass is 16.6. The molecule has 12 nitrogen and oxygen atoms in total. The number of nitrogens with one attached hydrogen (secondary N) is 1. The number of anilines is 3. The summed E-state index contributed by atoms with van der Waals surface area (Å²) in [5.41, 5.74) is 8.55. The number of nitrogen functional groups attached to an aromatic ring is 1. The first-order valence-corrected chi connectivity index (χ1v) is 16.8. The molecule has 244 valence electrons. The van der Waals surface area contributed by atoms with Gasteiger partial charge in [-0.2, -0.15) is 0 Å². The molecule has 2 aliphatic carbocycles. The Balaban J connectivity index is 0.964. The molecule has 0 bridgehead atoms. The Labute approximate surface area is 265 Å². The minimum atomic E-state index is -0.398. The number of piperidine rings is 1. The molecule has 45 heavy (non-hydrogen) atoms. The maximum atomic E-state index is 13.3. The Morgan fingerprint density at radius 3 is 2.42 bits per heavy atom. The van der Waals surface area contributed by atoms with Crippen molar-refractivity contribution in [3.8, 4) is 0 Å². The molecule has 4 heterocycles. The van der Waals surface area contributed by atoms with Gasteiger partial charge in [0.1, 0.15) is 0 Å². The van der Waals surface area contributed by atoms with Gasteiger partial charge in [0.15, 0.2) is 11.5 Å².